The molecular formula is C25H19ClO6. The summed E-state index contributed by atoms with van der Waals surface area (Å²) in [5.41, 5.74) is 1.87. The van der Waals surface area contributed by atoms with Crippen molar-refractivity contribution in [2.75, 3.05) is 14.2 Å². The van der Waals surface area contributed by atoms with Gasteiger partial charge in [-0.2, -0.15) is 0 Å². The van der Waals surface area contributed by atoms with Gasteiger partial charge in [-0.05, 0) is 61.5 Å². The fraction of sp³-hybridized carbons (Fsp3) is 0.120. The molecule has 0 amide bonds. The molecule has 162 valence electrons. The Labute approximate surface area is 189 Å². The minimum absolute atomic E-state index is 0.132. The molecule has 7 heteroatoms. The summed E-state index contributed by atoms with van der Waals surface area (Å²) in [6.07, 6.45) is 1.60. The highest BCUT2D eigenvalue weighted by molar-refractivity contribution is 6.30. The Hall–Kier alpha value is -3.77. The van der Waals surface area contributed by atoms with Gasteiger partial charge in [-0.3, -0.25) is 4.79 Å². The second-order valence-corrected chi connectivity index (χ2v) is 7.45. The van der Waals surface area contributed by atoms with Gasteiger partial charge >= 0.3 is 5.97 Å². The van der Waals surface area contributed by atoms with Gasteiger partial charge < -0.3 is 18.9 Å². The minimum atomic E-state index is -0.559. The zero-order valence-electron chi connectivity index (χ0n) is 17.6. The van der Waals surface area contributed by atoms with Gasteiger partial charge in [0, 0.05) is 16.1 Å². The van der Waals surface area contributed by atoms with E-state index in [1.54, 1.807) is 75.8 Å². The second kappa shape index (κ2) is 8.77. The maximum absolute atomic E-state index is 12.9. The van der Waals surface area contributed by atoms with Gasteiger partial charge in [0.25, 0.3) is 0 Å². The molecule has 0 atom stereocenters. The van der Waals surface area contributed by atoms with E-state index in [0.29, 0.717) is 50.3 Å². The number of ether oxygens (including phenoxy) is 4. The van der Waals surface area contributed by atoms with Crippen molar-refractivity contribution in [2.24, 2.45) is 0 Å². The topological polar surface area (TPSA) is 71.1 Å². The summed E-state index contributed by atoms with van der Waals surface area (Å²) >= 11 is 5.95. The first kappa shape index (κ1) is 21.5. The third-order valence-electron chi connectivity index (χ3n) is 5.02. The van der Waals surface area contributed by atoms with Gasteiger partial charge in [0.05, 0.1) is 25.3 Å². The lowest BCUT2D eigenvalue weighted by Crippen LogP contribution is -2.09. The van der Waals surface area contributed by atoms with Gasteiger partial charge in [0.15, 0.2) is 5.76 Å². The Balaban J connectivity index is 1.64. The Bertz CT molecular complexity index is 1260. The summed E-state index contributed by atoms with van der Waals surface area (Å²) in [6, 6.07) is 14.9. The molecule has 0 N–H and O–H groups in total. The van der Waals surface area contributed by atoms with Crippen LogP contribution < -0.4 is 18.9 Å². The van der Waals surface area contributed by atoms with E-state index >= 15 is 0 Å². The van der Waals surface area contributed by atoms with Crippen molar-refractivity contribution in [3.63, 3.8) is 0 Å². The van der Waals surface area contributed by atoms with Crippen molar-refractivity contribution in [1.29, 1.82) is 0 Å². The number of carbonyl (C=O) groups excluding carboxylic acids is 2. The third-order valence-corrected chi connectivity index (χ3v) is 5.26. The van der Waals surface area contributed by atoms with Gasteiger partial charge in [-0.15, -0.1) is 0 Å². The molecule has 3 aromatic carbocycles. The SMILES string of the molecule is COc1ccc(OC)c(/C=C2\Oc3c(ccc(OC(=O)c4cccc(Cl)c4)c3C)C2=O)c1. The van der Waals surface area contributed by atoms with E-state index in [0.717, 1.165) is 0 Å². The molecule has 0 unspecified atom stereocenters. The molecule has 1 aliphatic heterocycles. The maximum Gasteiger partial charge on any atom is 0.343 e. The number of fused-ring (bicyclic) bond motifs is 1. The average Bonchev–Trinajstić information content (AvgIpc) is 3.11. The van der Waals surface area contributed by atoms with Crippen molar-refractivity contribution < 1.29 is 28.5 Å². The maximum atomic E-state index is 12.9. The Morgan fingerprint density at radius 3 is 2.50 bits per heavy atom. The molecule has 0 aliphatic carbocycles. The number of allylic oxidation sites excluding steroid dienone is 1. The summed E-state index contributed by atoms with van der Waals surface area (Å²) in [5, 5.41) is 0.432. The first-order chi connectivity index (χ1) is 15.4. The van der Waals surface area contributed by atoms with Crippen LogP contribution in [0.5, 0.6) is 23.0 Å². The molecule has 4 rings (SSSR count). The van der Waals surface area contributed by atoms with Gasteiger partial charge in [0.2, 0.25) is 5.78 Å². The molecule has 0 saturated carbocycles. The van der Waals surface area contributed by atoms with Crippen LogP contribution in [-0.2, 0) is 0 Å². The van der Waals surface area contributed by atoms with Gasteiger partial charge in [-0.1, -0.05) is 17.7 Å². The summed E-state index contributed by atoms with van der Waals surface area (Å²) in [4.78, 5) is 25.4. The zero-order valence-corrected chi connectivity index (χ0v) is 18.4. The minimum Gasteiger partial charge on any atom is -0.497 e. The first-order valence-corrected chi connectivity index (χ1v) is 10.1. The van der Waals surface area contributed by atoms with Crippen LogP contribution >= 0.6 is 11.6 Å². The normalized spacial score (nSPS) is 13.5. The standard InChI is InChI=1S/C25H19ClO6/c1-14-20(32-25(28)15-5-4-6-17(26)11-15)10-8-19-23(27)22(31-24(14)19)13-16-12-18(29-2)7-9-21(16)30-3/h4-13H,1-3H3/b22-13-. The Kier molecular flexibility index (Phi) is 5.88. The van der Waals surface area contributed by atoms with Crippen molar-refractivity contribution in [3.05, 3.63) is 87.6 Å². The Morgan fingerprint density at radius 2 is 1.78 bits per heavy atom. The molecule has 0 aromatic heterocycles. The third kappa shape index (κ3) is 4.05. The van der Waals surface area contributed by atoms with Crippen molar-refractivity contribution in [3.8, 4) is 23.0 Å². The van der Waals surface area contributed by atoms with E-state index in [2.05, 4.69) is 0 Å². The fourth-order valence-corrected chi connectivity index (χ4v) is 3.54. The molecule has 1 heterocycles. The van der Waals surface area contributed by atoms with Crippen LogP contribution in [0.15, 0.2) is 60.4 Å². The number of carbonyl (C=O) groups is 2. The predicted molar refractivity (Wildman–Crippen MR) is 120 cm³/mol. The fourth-order valence-electron chi connectivity index (χ4n) is 3.35. The second-order valence-electron chi connectivity index (χ2n) is 7.01. The van der Waals surface area contributed by atoms with Gasteiger partial charge in [-0.25, -0.2) is 4.79 Å². The number of halogens is 1. The molecule has 0 bridgehead atoms. The highest BCUT2D eigenvalue weighted by atomic mass is 35.5. The smallest absolute Gasteiger partial charge is 0.343 e. The molecule has 6 nitrogen and oxygen atoms in total. The van der Waals surface area contributed by atoms with E-state index in [4.69, 9.17) is 30.5 Å². The number of benzene rings is 3. The lowest BCUT2D eigenvalue weighted by atomic mass is 10.1. The van der Waals surface area contributed by atoms with Gasteiger partial charge in [0.1, 0.15) is 23.0 Å². The number of rotatable bonds is 5. The molecule has 0 saturated heterocycles. The summed E-state index contributed by atoms with van der Waals surface area (Å²) in [6.45, 7) is 1.72. The molecule has 1 aliphatic rings. The number of Topliss-reactive ketones (excluding diaryl/α,β-unsaturated/α-hetero) is 1. The van der Waals surface area contributed by atoms with Crippen LogP contribution in [0.3, 0.4) is 0 Å². The van der Waals surface area contributed by atoms with Crippen LogP contribution in [0.4, 0.5) is 0 Å². The van der Waals surface area contributed by atoms with Crippen LogP contribution in [-0.4, -0.2) is 26.0 Å². The number of hydrogen-bond donors (Lipinski definition) is 0. The predicted octanol–water partition coefficient (Wildman–Crippen LogP) is 5.50. The van der Waals surface area contributed by atoms with Crippen molar-refractivity contribution in [1.82, 2.24) is 0 Å². The number of methoxy groups -OCH3 is 2. The largest absolute Gasteiger partial charge is 0.497 e. The summed E-state index contributed by atoms with van der Waals surface area (Å²) < 4.78 is 22.0. The van der Waals surface area contributed by atoms with Crippen molar-refractivity contribution in [2.45, 2.75) is 6.92 Å². The van der Waals surface area contributed by atoms with E-state index in [1.807, 2.05) is 0 Å². The van der Waals surface area contributed by atoms with Crippen molar-refractivity contribution >= 4 is 29.4 Å². The number of esters is 1. The monoisotopic (exact) mass is 450 g/mol. The average molecular weight is 451 g/mol. The lowest BCUT2D eigenvalue weighted by Gasteiger charge is -2.10. The highest BCUT2D eigenvalue weighted by Crippen LogP contribution is 2.40. The quantitative estimate of drug-likeness (QED) is 0.290. The van der Waals surface area contributed by atoms with Crippen LogP contribution in [0.2, 0.25) is 5.02 Å². The van der Waals surface area contributed by atoms with Crippen LogP contribution in [0, 0.1) is 6.92 Å². The molecule has 0 fully saturated rings. The molecule has 0 spiro atoms. The molecule has 32 heavy (non-hydrogen) atoms. The van der Waals surface area contributed by atoms with E-state index < -0.39 is 5.97 Å². The molecule has 3 aromatic rings. The molecular weight excluding hydrogens is 432 g/mol. The van der Waals surface area contributed by atoms with Crippen LogP contribution in [0.25, 0.3) is 6.08 Å². The van der Waals surface area contributed by atoms with Crippen LogP contribution in [0.1, 0.15) is 31.8 Å². The van der Waals surface area contributed by atoms with E-state index in [9.17, 15) is 9.59 Å². The number of ketones is 1. The highest BCUT2D eigenvalue weighted by Gasteiger charge is 2.31. The zero-order chi connectivity index (χ0) is 22.8. The lowest BCUT2D eigenvalue weighted by molar-refractivity contribution is 0.0733. The first-order valence-electron chi connectivity index (χ1n) is 9.69. The molecule has 0 radical (unpaired) electrons. The van der Waals surface area contributed by atoms with E-state index in [-0.39, 0.29) is 11.5 Å². The number of hydrogen-bond acceptors (Lipinski definition) is 6. The van der Waals surface area contributed by atoms with E-state index in [1.165, 1.54) is 6.07 Å². The summed E-state index contributed by atoms with van der Waals surface area (Å²) in [7, 11) is 3.10. The Morgan fingerprint density at radius 1 is 1.00 bits per heavy atom. The summed E-state index contributed by atoms with van der Waals surface area (Å²) in [5.74, 6) is 1.12.